The van der Waals surface area contributed by atoms with Gasteiger partial charge in [0.25, 0.3) is 0 Å². The van der Waals surface area contributed by atoms with Gasteiger partial charge in [-0.25, -0.2) is 4.79 Å². The van der Waals surface area contributed by atoms with Gasteiger partial charge in [0.1, 0.15) is 18.0 Å². The predicted molar refractivity (Wildman–Crippen MR) is 62.7 cm³/mol. The molecule has 0 aromatic carbocycles. The Morgan fingerprint density at radius 2 is 2.05 bits per heavy atom. The van der Waals surface area contributed by atoms with Gasteiger partial charge in [-0.15, -0.1) is 0 Å². The Morgan fingerprint density at radius 3 is 2.71 bits per heavy atom. The van der Waals surface area contributed by atoms with E-state index in [1.807, 2.05) is 0 Å². The van der Waals surface area contributed by atoms with Crippen molar-refractivity contribution in [3.8, 4) is 0 Å². The summed E-state index contributed by atoms with van der Waals surface area (Å²) in [4.78, 5) is 36.5. The molecule has 0 aromatic rings. The lowest BCUT2D eigenvalue weighted by molar-refractivity contribution is -0.200. The molecule has 0 radical (unpaired) electrons. The molecule has 0 amide bonds. The molecule has 112 valence electrons. The van der Waals surface area contributed by atoms with Crippen molar-refractivity contribution in [2.75, 3.05) is 0 Å². The zero-order chi connectivity index (χ0) is 14.9. The normalized spacial score (nSPS) is 62.0. The van der Waals surface area contributed by atoms with Gasteiger partial charge in [0.15, 0.2) is 6.10 Å². The van der Waals surface area contributed by atoms with E-state index in [0.29, 0.717) is 0 Å². The first-order chi connectivity index (χ1) is 9.79. The van der Waals surface area contributed by atoms with E-state index in [1.54, 1.807) is 6.92 Å². The van der Waals surface area contributed by atoms with Crippen LogP contribution in [0.25, 0.3) is 0 Å². The lowest BCUT2D eigenvalue weighted by Gasteiger charge is -2.50. The quantitative estimate of drug-likeness (QED) is 0.486. The van der Waals surface area contributed by atoms with Crippen LogP contribution in [-0.2, 0) is 28.6 Å². The summed E-state index contributed by atoms with van der Waals surface area (Å²) >= 11 is 0. The fourth-order valence-corrected chi connectivity index (χ4v) is 5.49. The number of fused-ring (bicyclic) bond motifs is 4. The van der Waals surface area contributed by atoms with Crippen LogP contribution >= 0.6 is 0 Å². The molecule has 2 saturated carbocycles. The Morgan fingerprint density at radius 1 is 1.33 bits per heavy atom. The van der Waals surface area contributed by atoms with Gasteiger partial charge in [-0.3, -0.25) is 9.59 Å². The van der Waals surface area contributed by atoms with Crippen LogP contribution in [0.2, 0.25) is 0 Å². The summed E-state index contributed by atoms with van der Waals surface area (Å²) in [5, 5.41) is 11.3. The van der Waals surface area contributed by atoms with E-state index < -0.39 is 58.7 Å². The summed E-state index contributed by atoms with van der Waals surface area (Å²) in [5.74, 6) is -3.03. The van der Waals surface area contributed by atoms with Crippen LogP contribution in [0.3, 0.4) is 0 Å². The Labute approximate surface area is 119 Å². The first-order valence-electron chi connectivity index (χ1n) is 7.11. The third kappa shape index (κ3) is 0.864. The lowest BCUT2D eigenvalue weighted by atomic mass is 9.53. The minimum absolute atomic E-state index is 0.158. The molecule has 8 atom stereocenters. The second-order valence-corrected chi connectivity index (χ2v) is 7.01. The molecule has 3 heterocycles. The van der Waals surface area contributed by atoms with Crippen LogP contribution in [0.5, 0.6) is 0 Å². The van der Waals surface area contributed by atoms with E-state index in [0.717, 1.165) is 0 Å². The number of hydrogen-bond donors (Lipinski definition) is 1. The van der Waals surface area contributed by atoms with Crippen molar-refractivity contribution >= 4 is 17.7 Å². The standard InChI is InChI=1S/C14H14O7/c1-4(15)6-7-10(16)19-8(6)9-12(2)13(7,18)3-5-14(12,21-5)11(17)20-9/h5-9,18H,3H2,1-2H3/t5?,6?,7-,8-,9+,12+,13+,14?/m0/s1. The maximum atomic E-state index is 12.3. The highest BCUT2D eigenvalue weighted by Crippen LogP contribution is 2.76. The van der Waals surface area contributed by atoms with Crippen molar-refractivity contribution in [3.05, 3.63) is 0 Å². The number of Topliss-reactive ketones (excluding diaryl/α,β-unsaturated/α-hetero) is 1. The fourth-order valence-electron chi connectivity index (χ4n) is 5.49. The molecule has 3 saturated heterocycles. The molecule has 21 heavy (non-hydrogen) atoms. The number of esters is 2. The SMILES string of the molecule is CC(=O)C1[C@H]2C(=O)O[C@@H]1[C@H]1OC(=O)C34OC3C[C@]2(O)[C@@]14C. The van der Waals surface area contributed by atoms with Gasteiger partial charge in [0, 0.05) is 6.42 Å². The van der Waals surface area contributed by atoms with Crippen molar-refractivity contribution in [2.24, 2.45) is 17.3 Å². The molecule has 5 aliphatic rings. The molecule has 0 aromatic heterocycles. The highest BCUT2D eigenvalue weighted by molar-refractivity contribution is 5.95. The van der Waals surface area contributed by atoms with Crippen LogP contribution in [0, 0.1) is 17.3 Å². The number of carbonyl (C=O) groups excluding carboxylic acids is 3. The van der Waals surface area contributed by atoms with Gasteiger partial charge in [0.05, 0.1) is 22.9 Å². The van der Waals surface area contributed by atoms with E-state index in [2.05, 4.69) is 0 Å². The third-order valence-corrected chi connectivity index (χ3v) is 6.50. The average molecular weight is 294 g/mol. The van der Waals surface area contributed by atoms with Gasteiger partial charge in [-0.1, -0.05) is 0 Å². The van der Waals surface area contributed by atoms with Gasteiger partial charge in [0.2, 0.25) is 5.60 Å². The van der Waals surface area contributed by atoms with E-state index in [-0.39, 0.29) is 12.2 Å². The lowest BCUT2D eigenvalue weighted by Crippen LogP contribution is -2.67. The molecule has 7 nitrogen and oxygen atoms in total. The minimum atomic E-state index is -1.51. The second kappa shape index (κ2) is 2.87. The number of rotatable bonds is 1. The summed E-state index contributed by atoms with van der Waals surface area (Å²) in [6, 6.07) is 0. The summed E-state index contributed by atoms with van der Waals surface area (Å²) in [6.07, 6.45) is -1.94. The summed E-state index contributed by atoms with van der Waals surface area (Å²) in [7, 11) is 0. The van der Waals surface area contributed by atoms with Crippen LogP contribution in [0.4, 0.5) is 0 Å². The molecule has 3 unspecified atom stereocenters. The molecule has 2 bridgehead atoms. The maximum absolute atomic E-state index is 12.3. The van der Waals surface area contributed by atoms with Crippen LogP contribution in [-0.4, -0.2) is 52.3 Å². The number of ketones is 1. The number of ether oxygens (including phenoxy) is 3. The molecule has 1 N–H and O–H groups in total. The second-order valence-electron chi connectivity index (χ2n) is 7.01. The van der Waals surface area contributed by atoms with Gasteiger partial charge >= 0.3 is 11.9 Å². The van der Waals surface area contributed by atoms with Crippen molar-refractivity contribution in [2.45, 2.75) is 49.8 Å². The van der Waals surface area contributed by atoms with E-state index in [9.17, 15) is 19.5 Å². The molecule has 1 spiro atoms. The van der Waals surface area contributed by atoms with Gasteiger partial charge in [-0.05, 0) is 13.8 Å². The van der Waals surface area contributed by atoms with E-state index >= 15 is 0 Å². The Balaban J connectivity index is 1.78. The largest absolute Gasteiger partial charge is 0.457 e. The van der Waals surface area contributed by atoms with Crippen LogP contribution in [0.1, 0.15) is 20.3 Å². The molecule has 5 rings (SSSR count). The van der Waals surface area contributed by atoms with Crippen molar-refractivity contribution in [3.63, 3.8) is 0 Å². The monoisotopic (exact) mass is 294 g/mol. The highest BCUT2D eigenvalue weighted by Gasteiger charge is 2.95. The van der Waals surface area contributed by atoms with E-state index in [4.69, 9.17) is 14.2 Å². The topological polar surface area (TPSA) is 102 Å². The van der Waals surface area contributed by atoms with Gasteiger partial charge < -0.3 is 19.3 Å². The molecular weight excluding hydrogens is 280 g/mol. The van der Waals surface area contributed by atoms with Crippen molar-refractivity contribution in [1.82, 2.24) is 0 Å². The van der Waals surface area contributed by atoms with Crippen molar-refractivity contribution in [1.29, 1.82) is 0 Å². The van der Waals surface area contributed by atoms with Crippen LogP contribution < -0.4 is 0 Å². The first kappa shape index (κ1) is 12.1. The molecule has 3 aliphatic heterocycles. The Kier molecular flexibility index (Phi) is 1.66. The number of aliphatic hydroxyl groups is 1. The summed E-state index contributed by atoms with van der Waals surface area (Å²) < 4.78 is 16.3. The maximum Gasteiger partial charge on any atom is 0.342 e. The first-order valence-corrected chi connectivity index (χ1v) is 7.11. The summed E-state index contributed by atoms with van der Waals surface area (Å²) in [6.45, 7) is 3.09. The van der Waals surface area contributed by atoms with E-state index in [1.165, 1.54) is 6.92 Å². The third-order valence-electron chi connectivity index (χ3n) is 6.50. The zero-order valence-electron chi connectivity index (χ0n) is 11.5. The molecule has 5 fully saturated rings. The smallest absolute Gasteiger partial charge is 0.342 e. The zero-order valence-corrected chi connectivity index (χ0v) is 11.5. The highest BCUT2D eigenvalue weighted by atomic mass is 16.7. The Hall–Kier alpha value is -1.47. The predicted octanol–water partition coefficient (Wildman–Crippen LogP) is -1.05. The fraction of sp³-hybridized carbons (Fsp3) is 0.786. The molecule has 7 heteroatoms. The average Bonchev–Trinajstić information content (AvgIpc) is 2.86. The van der Waals surface area contributed by atoms with Crippen LogP contribution in [0.15, 0.2) is 0 Å². The molecule has 2 aliphatic carbocycles. The molecular formula is C14H14O7. The van der Waals surface area contributed by atoms with Gasteiger partial charge in [-0.2, -0.15) is 0 Å². The number of carbonyl (C=O) groups is 3. The summed E-state index contributed by atoms with van der Waals surface area (Å²) in [5.41, 5.74) is -3.72. The Bertz CT molecular complexity index is 643. The van der Waals surface area contributed by atoms with Crippen molar-refractivity contribution < 1.29 is 33.7 Å². The number of epoxide rings is 1. The minimum Gasteiger partial charge on any atom is -0.457 e. The number of hydrogen-bond acceptors (Lipinski definition) is 7.